The molecule has 0 amide bonds. The molecular weight excluding hydrogens is 600 g/mol. The molecule has 272 valence electrons. The second-order valence-electron chi connectivity index (χ2n) is 12.1. The highest BCUT2D eigenvalue weighted by Gasteiger charge is 2.19. The molecular formula is C42H68O6. The van der Waals surface area contributed by atoms with E-state index in [1.807, 2.05) is 0 Å². The summed E-state index contributed by atoms with van der Waals surface area (Å²) in [6.45, 7) is 6.21. The minimum Gasteiger partial charge on any atom is -0.462 e. The Labute approximate surface area is 293 Å². The van der Waals surface area contributed by atoms with Crippen LogP contribution in [0.5, 0.6) is 0 Å². The average Bonchev–Trinajstić information content (AvgIpc) is 3.08. The van der Waals surface area contributed by atoms with Gasteiger partial charge in [-0.2, -0.15) is 0 Å². The Morgan fingerprint density at radius 2 is 0.833 bits per heavy atom. The molecule has 0 bridgehead atoms. The Kier molecular flexibility index (Phi) is 34.3. The fraction of sp³-hybridized carbons (Fsp3) is 0.643. The summed E-state index contributed by atoms with van der Waals surface area (Å²) in [6, 6.07) is 0. The van der Waals surface area contributed by atoms with Crippen LogP contribution in [0.2, 0.25) is 0 Å². The van der Waals surface area contributed by atoms with Gasteiger partial charge < -0.3 is 14.2 Å². The van der Waals surface area contributed by atoms with E-state index in [2.05, 4.69) is 93.7 Å². The van der Waals surface area contributed by atoms with Gasteiger partial charge in [-0.3, -0.25) is 14.4 Å². The SMILES string of the molecule is CC/C=C\C/C=C\C/C=C\CCCC(=O)OCC(COC(=O)CCCC/C=C\C/C=C\CC)OC(=O)CCCCCC/C=C\CCCC. The van der Waals surface area contributed by atoms with Crippen LogP contribution in [-0.4, -0.2) is 37.2 Å². The molecule has 0 aliphatic heterocycles. The molecule has 0 aliphatic carbocycles. The first-order chi connectivity index (χ1) is 23.5. The second-order valence-corrected chi connectivity index (χ2v) is 12.1. The van der Waals surface area contributed by atoms with E-state index in [4.69, 9.17) is 14.2 Å². The average molecular weight is 669 g/mol. The quantitative estimate of drug-likeness (QED) is 0.0307. The Morgan fingerprint density at radius 1 is 0.438 bits per heavy atom. The van der Waals surface area contributed by atoms with Crippen molar-refractivity contribution in [2.75, 3.05) is 13.2 Å². The molecule has 0 aromatic carbocycles. The third kappa shape index (κ3) is 34.2. The zero-order chi connectivity index (χ0) is 35.2. The maximum Gasteiger partial charge on any atom is 0.306 e. The first-order valence-electron chi connectivity index (χ1n) is 18.9. The molecule has 48 heavy (non-hydrogen) atoms. The molecule has 1 unspecified atom stereocenters. The molecule has 0 rings (SSSR count). The molecule has 0 aliphatic rings. The third-order valence-corrected chi connectivity index (χ3v) is 7.43. The van der Waals surface area contributed by atoms with Crippen LogP contribution in [-0.2, 0) is 28.6 Å². The van der Waals surface area contributed by atoms with E-state index < -0.39 is 6.10 Å². The number of carbonyl (C=O) groups excluding carboxylic acids is 3. The largest absolute Gasteiger partial charge is 0.462 e. The van der Waals surface area contributed by atoms with Crippen molar-refractivity contribution in [3.05, 3.63) is 72.9 Å². The predicted octanol–water partition coefficient (Wildman–Crippen LogP) is 11.6. The molecule has 0 aromatic heterocycles. The highest BCUT2D eigenvalue weighted by atomic mass is 16.6. The summed E-state index contributed by atoms with van der Waals surface area (Å²) in [6.07, 6.45) is 43.4. The summed E-state index contributed by atoms with van der Waals surface area (Å²) < 4.78 is 16.5. The van der Waals surface area contributed by atoms with E-state index in [0.29, 0.717) is 19.3 Å². The third-order valence-electron chi connectivity index (χ3n) is 7.43. The summed E-state index contributed by atoms with van der Waals surface area (Å²) in [5, 5.41) is 0. The number of unbranched alkanes of at least 4 members (excludes halogenated alkanes) is 9. The van der Waals surface area contributed by atoms with Gasteiger partial charge in [0.1, 0.15) is 13.2 Å². The summed E-state index contributed by atoms with van der Waals surface area (Å²) in [5.41, 5.74) is 0. The zero-order valence-electron chi connectivity index (χ0n) is 30.7. The molecule has 1 atom stereocenters. The van der Waals surface area contributed by atoms with Gasteiger partial charge in [0.05, 0.1) is 0 Å². The molecule has 6 nitrogen and oxygen atoms in total. The van der Waals surface area contributed by atoms with Crippen LogP contribution in [0.25, 0.3) is 0 Å². The maximum absolute atomic E-state index is 12.6. The van der Waals surface area contributed by atoms with Crippen LogP contribution in [0.1, 0.15) is 156 Å². The number of esters is 3. The Morgan fingerprint density at radius 3 is 1.40 bits per heavy atom. The summed E-state index contributed by atoms with van der Waals surface area (Å²) >= 11 is 0. The van der Waals surface area contributed by atoms with E-state index in [0.717, 1.165) is 96.3 Å². The number of rotatable bonds is 32. The van der Waals surface area contributed by atoms with E-state index in [9.17, 15) is 14.4 Å². The first-order valence-corrected chi connectivity index (χ1v) is 18.9. The van der Waals surface area contributed by atoms with Crippen molar-refractivity contribution in [2.24, 2.45) is 0 Å². The standard InChI is InChI=1S/C42H68O6/c1-4-7-10-13-16-19-21-24-26-29-32-35-41(44)47-38-39(37-46-40(43)34-31-28-25-22-18-15-12-9-6-3)48-42(45)36-33-30-27-23-20-17-14-11-8-5-2/h7,9-10,12,14,16-19,22,24,26,39H,4-6,8,11,13,15,20-21,23,25,27-38H2,1-3H3/b10-7-,12-9-,17-14-,19-16-,22-18-,26-24-. The fourth-order valence-electron chi connectivity index (χ4n) is 4.60. The van der Waals surface area contributed by atoms with E-state index in [1.54, 1.807) is 0 Å². The number of carbonyl (C=O) groups is 3. The molecule has 0 heterocycles. The van der Waals surface area contributed by atoms with Gasteiger partial charge in [0.2, 0.25) is 0 Å². The lowest BCUT2D eigenvalue weighted by Gasteiger charge is -2.18. The Balaban J connectivity index is 4.53. The number of allylic oxidation sites excluding steroid dienone is 12. The van der Waals surface area contributed by atoms with Gasteiger partial charge >= 0.3 is 17.9 Å². The molecule has 0 fully saturated rings. The van der Waals surface area contributed by atoms with Crippen molar-refractivity contribution in [3.8, 4) is 0 Å². The lowest BCUT2D eigenvalue weighted by molar-refractivity contribution is -0.167. The van der Waals surface area contributed by atoms with Gasteiger partial charge in [-0.25, -0.2) is 0 Å². The van der Waals surface area contributed by atoms with Crippen molar-refractivity contribution >= 4 is 17.9 Å². The second kappa shape index (κ2) is 36.7. The van der Waals surface area contributed by atoms with Gasteiger partial charge in [-0.15, -0.1) is 0 Å². The van der Waals surface area contributed by atoms with E-state index in [-0.39, 0.29) is 37.5 Å². The van der Waals surface area contributed by atoms with Gasteiger partial charge in [-0.1, -0.05) is 119 Å². The normalized spacial score (nSPS) is 12.8. The zero-order valence-corrected chi connectivity index (χ0v) is 30.7. The van der Waals surface area contributed by atoms with Gasteiger partial charge in [0.25, 0.3) is 0 Å². The topological polar surface area (TPSA) is 78.9 Å². The van der Waals surface area contributed by atoms with Crippen LogP contribution >= 0.6 is 0 Å². The molecule has 0 aromatic rings. The van der Waals surface area contributed by atoms with Crippen LogP contribution in [0.3, 0.4) is 0 Å². The van der Waals surface area contributed by atoms with Crippen molar-refractivity contribution in [2.45, 2.75) is 162 Å². The number of hydrogen-bond donors (Lipinski definition) is 0. The fourth-order valence-corrected chi connectivity index (χ4v) is 4.60. The van der Waals surface area contributed by atoms with Crippen molar-refractivity contribution in [1.82, 2.24) is 0 Å². The maximum atomic E-state index is 12.6. The summed E-state index contributed by atoms with van der Waals surface area (Å²) in [4.78, 5) is 37.3. The van der Waals surface area contributed by atoms with Gasteiger partial charge in [0, 0.05) is 19.3 Å². The highest BCUT2D eigenvalue weighted by Crippen LogP contribution is 2.10. The van der Waals surface area contributed by atoms with Gasteiger partial charge in [-0.05, 0) is 89.9 Å². The Bertz CT molecular complexity index is 955. The highest BCUT2D eigenvalue weighted by molar-refractivity contribution is 5.71. The first kappa shape index (κ1) is 44.9. The molecule has 0 radical (unpaired) electrons. The van der Waals surface area contributed by atoms with Crippen LogP contribution in [0.15, 0.2) is 72.9 Å². The minimum absolute atomic E-state index is 0.115. The number of hydrogen-bond acceptors (Lipinski definition) is 6. The summed E-state index contributed by atoms with van der Waals surface area (Å²) in [7, 11) is 0. The van der Waals surface area contributed by atoms with Crippen LogP contribution in [0.4, 0.5) is 0 Å². The number of ether oxygens (including phenoxy) is 3. The Hall–Kier alpha value is -3.15. The molecule has 0 saturated heterocycles. The molecule has 0 N–H and O–H groups in total. The minimum atomic E-state index is -0.809. The van der Waals surface area contributed by atoms with Crippen molar-refractivity contribution < 1.29 is 28.6 Å². The van der Waals surface area contributed by atoms with Crippen molar-refractivity contribution in [1.29, 1.82) is 0 Å². The molecule has 6 heteroatoms. The van der Waals surface area contributed by atoms with E-state index in [1.165, 1.54) is 12.8 Å². The lowest BCUT2D eigenvalue weighted by Crippen LogP contribution is -2.30. The molecule has 0 spiro atoms. The van der Waals surface area contributed by atoms with Crippen LogP contribution in [0, 0.1) is 0 Å². The lowest BCUT2D eigenvalue weighted by atomic mass is 10.1. The molecule has 0 saturated carbocycles. The summed E-state index contributed by atoms with van der Waals surface area (Å²) in [5.74, 6) is -1.03. The van der Waals surface area contributed by atoms with Crippen LogP contribution < -0.4 is 0 Å². The van der Waals surface area contributed by atoms with Gasteiger partial charge in [0.15, 0.2) is 6.10 Å². The predicted molar refractivity (Wildman–Crippen MR) is 201 cm³/mol. The smallest absolute Gasteiger partial charge is 0.306 e. The van der Waals surface area contributed by atoms with Crippen molar-refractivity contribution in [3.63, 3.8) is 0 Å². The van der Waals surface area contributed by atoms with E-state index >= 15 is 0 Å². The monoisotopic (exact) mass is 669 g/mol.